The van der Waals surface area contributed by atoms with Crippen LogP contribution in [0, 0.1) is 5.92 Å². The summed E-state index contributed by atoms with van der Waals surface area (Å²) in [4.78, 5) is 50.7. The van der Waals surface area contributed by atoms with Gasteiger partial charge >= 0.3 is 5.97 Å². The predicted molar refractivity (Wildman–Crippen MR) is 147 cm³/mol. The van der Waals surface area contributed by atoms with E-state index >= 15 is 0 Å². The fourth-order valence-electron chi connectivity index (χ4n) is 3.76. The summed E-state index contributed by atoms with van der Waals surface area (Å²) in [7, 11) is 0. The lowest BCUT2D eigenvalue weighted by Gasteiger charge is -2.25. The molecule has 0 spiro atoms. The van der Waals surface area contributed by atoms with Crippen molar-refractivity contribution in [2.75, 3.05) is 5.75 Å². The Kier molecular flexibility index (Phi) is 12.1. The van der Waals surface area contributed by atoms with Gasteiger partial charge < -0.3 is 31.9 Å². The number of phenolic OH excluding ortho intramolecular Hbond substituents is 1. The number of carbonyl (C=O) groups is 4. The first-order valence-electron chi connectivity index (χ1n) is 12.3. The highest BCUT2D eigenvalue weighted by atomic mass is 32.1. The Morgan fingerprint density at radius 2 is 1.29 bits per heavy atom. The Balaban J connectivity index is 2.20. The maximum Gasteiger partial charge on any atom is 0.326 e. The average molecular weight is 545 g/mol. The minimum absolute atomic E-state index is 0.00955. The molecule has 206 valence electrons. The van der Waals surface area contributed by atoms with Crippen LogP contribution in [0.15, 0.2) is 54.6 Å². The molecule has 0 bridgehead atoms. The van der Waals surface area contributed by atoms with Gasteiger partial charge in [-0.05, 0) is 35.6 Å². The summed E-state index contributed by atoms with van der Waals surface area (Å²) in [6.07, 6.45) is 0.483. The monoisotopic (exact) mass is 544 g/mol. The SMILES string of the molecule is CC(C)CC(N)C(=O)NC(CS)C(=O)NC(Cc1ccc(O)cc1)C(=O)NC(Cc1ccccc1)C(=O)O. The standard InChI is InChI=1S/C27H36N4O6S/c1-16(2)12-20(28)24(33)31-23(15-38)26(35)29-21(13-18-8-10-19(32)11-9-18)25(34)30-22(27(36)37)14-17-6-4-3-5-7-17/h3-11,16,20-23,32,38H,12-15,28H2,1-2H3,(H,29,35)(H,30,34)(H,31,33)(H,36,37). The van der Waals surface area contributed by atoms with Gasteiger partial charge in [0.1, 0.15) is 23.9 Å². The topological polar surface area (TPSA) is 171 Å². The molecule has 4 unspecified atom stereocenters. The Morgan fingerprint density at radius 1 is 0.789 bits per heavy atom. The molecule has 2 aromatic rings. The van der Waals surface area contributed by atoms with Crippen LogP contribution >= 0.6 is 12.6 Å². The number of hydrogen-bond acceptors (Lipinski definition) is 7. The predicted octanol–water partition coefficient (Wildman–Crippen LogP) is 1.02. The number of nitrogens with two attached hydrogens (primary N) is 1. The fourth-order valence-corrected chi connectivity index (χ4v) is 4.02. The molecule has 38 heavy (non-hydrogen) atoms. The lowest BCUT2D eigenvalue weighted by atomic mass is 10.0. The fraction of sp³-hybridized carbons (Fsp3) is 0.407. The van der Waals surface area contributed by atoms with Gasteiger partial charge in [0.2, 0.25) is 17.7 Å². The maximum absolute atomic E-state index is 13.3. The number of thiol groups is 1. The molecule has 0 fully saturated rings. The van der Waals surface area contributed by atoms with Crippen molar-refractivity contribution in [3.63, 3.8) is 0 Å². The third-order valence-corrected chi connectivity index (χ3v) is 6.15. The zero-order valence-electron chi connectivity index (χ0n) is 21.5. The van der Waals surface area contributed by atoms with E-state index in [2.05, 4.69) is 28.6 Å². The zero-order valence-corrected chi connectivity index (χ0v) is 22.4. The normalized spacial score (nSPS) is 14.1. The number of rotatable bonds is 14. The second kappa shape index (κ2) is 15.0. The third-order valence-electron chi connectivity index (χ3n) is 5.78. The molecule has 3 amide bonds. The Labute approximate surface area is 227 Å². The minimum atomic E-state index is -1.24. The smallest absolute Gasteiger partial charge is 0.326 e. The van der Waals surface area contributed by atoms with E-state index in [-0.39, 0.29) is 30.3 Å². The van der Waals surface area contributed by atoms with Crippen molar-refractivity contribution in [2.24, 2.45) is 11.7 Å². The molecule has 0 aliphatic rings. The molecule has 2 rings (SSSR count). The van der Waals surface area contributed by atoms with Gasteiger partial charge in [-0.2, -0.15) is 12.6 Å². The van der Waals surface area contributed by atoms with Gasteiger partial charge in [0.05, 0.1) is 6.04 Å². The highest BCUT2D eigenvalue weighted by Crippen LogP contribution is 2.12. The van der Waals surface area contributed by atoms with E-state index < -0.39 is 47.9 Å². The van der Waals surface area contributed by atoms with Crippen molar-refractivity contribution in [3.05, 3.63) is 65.7 Å². The Morgan fingerprint density at radius 3 is 1.84 bits per heavy atom. The Bertz CT molecular complexity index is 1080. The second-order valence-electron chi connectivity index (χ2n) is 9.50. The number of carbonyl (C=O) groups excluding carboxylic acids is 3. The number of benzene rings is 2. The molecule has 0 radical (unpaired) electrons. The first-order valence-corrected chi connectivity index (χ1v) is 13.0. The second-order valence-corrected chi connectivity index (χ2v) is 9.87. The van der Waals surface area contributed by atoms with Crippen LogP contribution in [-0.4, -0.2) is 63.8 Å². The summed E-state index contributed by atoms with van der Waals surface area (Å²) < 4.78 is 0. The van der Waals surface area contributed by atoms with Gasteiger partial charge in [0.15, 0.2) is 0 Å². The van der Waals surface area contributed by atoms with Crippen LogP contribution in [0.4, 0.5) is 0 Å². The molecular formula is C27H36N4O6S. The van der Waals surface area contributed by atoms with Crippen molar-refractivity contribution in [1.82, 2.24) is 16.0 Å². The minimum Gasteiger partial charge on any atom is -0.508 e. The molecule has 0 saturated carbocycles. The van der Waals surface area contributed by atoms with Crippen LogP contribution in [0.25, 0.3) is 0 Å². The highest BCUT2D eigenvalue weighted by molar-refractivity contribution is 7.80. The van der Waals surface area contributed by atoms with Crippen LogP contribution in [-0.2, 0) is 32.0 Å². The van der Waals surface area contributed by atoms with Crippen LogP contribution in [0.2, 0.25) is 0 Å². The number of carboxylic acids is 1. The average Bonchev–Trinajstić information content (AvgIpc) is 2.87. The van der Waals surface area contributed by atoms with Crippen LogP contribution in [0.1, 0.15) is 31.4 Å². The van der Waals surface area contributed by atoms with Gasteiger partial charge in [-0.25, -0.2) is 4.79 Å². The summed E-state index contributed by atoms with van der Waals surface area (Å²) in [6.45, 7) is 3.84. The van der Waals surface area contributed by atoms with Gasteiger partial charge in [-0.3, -0.25) is 14.4 Å². The third kappa shape index (κ3) is 10.1. The number of phenols is 1. The lowest BCUT2D eigenvalue weighted by molar-refractivity contribution is -0.142. The number of carboxylic acid groups (broad SMARTS) is 1. The first-order chi connectivity index (χ1) is 18.0. The highest BCUT2D eigenvalue weighted by Gasteiger charge is 2.30. The van der Waals surface area contributed by atoms with E-state index in [1.54, 1.807) is 42.5 Å². The maximum atomic E-state index is 13.3. The number of aliphatic carboxylic acids is 1. The summed E-state index contributed by atoms with van der Waals surface area (Å²) in [5.74, 6) is -2.96. The van der Waals surface area contributed by atoms with E-state index in [4.69, 9.17) is 5.73 Å². The molecule has 0 heterocycles. The van der Waals surface area contributed by atoms with Crippen LogP contribution < -0.4 is 21.7 Å². The van der Waals surface area contributed by atoms with E-state index in [0.717, 1.165) is 5.56 Å². The van der Waals surface area contributed by atoms with E-state index in [1.807, 2.05) is 13.8 Å². The molecule has 4 atom stereocenters. The molecular weight excluding hydrogens is 508 g/mol. The molecule has 10 nitrogen and oxygen atoms in total. The van der Waals surface area contributed by atoms with Crippen molar-refractivity contribution >= 4 is 36.3 Å². The zero-order chi connectivity index (χ0) is 28.2. The van der Waals surface area contributed by atoms with Crippen molar-refractivity contribution in [3.8, 4) is 5.75 Å². The number of aromatic hydroxyl groups is 1. The Hall–Kier alpha value is -3.57. The van der Waals surface area contributed by atoms with Crippen molar-refractivity contribution in [2.45, 2.75) is 57.3 Å². The van der Waals surface area contributed by atoms with E-state index in [1.165, 1.54) is 12.1 Å². The molecule has 0 aliphatic heterocycles. The first kappa shape index (κ1) is 30.7. The van der Waals surface area contributed by atoms with Crippen LogP contribution in [0.3, 0.4) is 0 Å². The largest absolute Gasteiger partial charge is 0.508 e. The number of amides is 3. The van der Waals surface area contributed by atoms with Crippen molar-refractivity contribution in [1.29, 1.82) is 0 Å². The lowest BCUT2D eigenvalue weighted by Crippen LogP contribution is -2.58. The molecule has 0 aromatic heterocycles. The molecule has 7 N–H and O–H groups in total. The molecule has 0 saturated heterocycles. The van der Waals surface area contributed by atoms with Crippen molar-refractivity contribution < 1.29 is 29.4 Å². The molecule has 2 aromatic carbocycles. The van der Waals surface area contributed by atoms with Gasteiger partial charge in [-0.1, -0.05) is 56.3 Å². The van der Waals surface area contributed by atoms with Gasteiger partial charge in [0.25, 0.3) is 0 Å². The van der Waals surface area contributed by atoms with Gasteiger partial charge in [-0.15, -0.1) is 0 Å². The molecule has 0 aliphatic carbocycles. The van der Waals surface area contributed by atoms with E-state index in [9.17, 15) is 29.4 Å². The summed E-state index contributed by atoms with van der Waals surface area (Å²) in [5.41, 5.74) is 7.25. The number of hydrogen-bond donors (Lipinski definition) is 7. The van der Waals surface area contributed by atoms with Crippen LogP contribution in [0.5, 0.6) is 5.75 Å². The number of nitrogens with one attached hydrogen (secondary N) is 3. The summed E-state index contributed by atoms with van der Waals surface area (Å²) in [6, 6.07) is 10.6. The van der Waals surface area contributed by atoms with Gasteiger partial charge in [0, 0.05) is 18.6 Å². The summed E-state index contributed by atoms with van der Waals surface area (Å²) >= 11 is 4.17. The molecule has 11 heteroatoms. The summed E-state index contributed by atoms with van der Waals surface area (Å²) in [5, 5.41) is 27.0. The van der Waals surface area contributed by atoms with E-state index in [0.29, 0.717) is 12.0 Å². The quantitative estimate of drug-likeness (QED) is 0.174.